The molecule has 20 heavy (non-hydrogen) atoms. The number of nitrogens with zero attached hydrogens (tertiary/aromatic N) is 2. The van der Waals surface area contributed by atoms with Gasteiger partial charge in [-0.1, -0.05) is 0 Å². The predicted octanol–water partition coefficient (Wildman–Crippen LogP) is 1.67. The van der Waals surface area contributed by atoms with Crippen LogP contribution in [0.3, 0.4) is 0 Å². The van der Waals surface area contributed by atoms with Crippen LogP contribution in [0.1, 0.15) is 17.3 Å². The molecule has 3 rings (SSSR count). The Hall–Kier alpha value is -2.28. The minimum absolute atomic E-state index is 0.141. The second-order valence-corrected chi connectivity index (χ2v) is 5.07. The van der Waals surface area contributed by atoms with E-state index in [0.29, 0.717) is 19.2 Å². The number of carbonyl (C=O) groups is 1. The normalized spacial score (nSPS) is 16.7. The lowest BCUT2D eigenvalue weighted by Crippen LogP contribution is -2.53. The summed E-state index contributed by atoms with van der Waals surface area (Å²) < 4.78 is 18.9. The van der Waals surface area contributed by atoms with E-state index in [1.807, 2.05) is 6.92 Å². The Labute approximate surface area is 113 Å². The summed E-state index contributed by atoms with van der Waals surface area (Å²) in [6.07, 6.45) is 1.34. The van der Waals surface area contributed by atoms with Crippen LogP contribution >= 0.6 is 0 Å². The molecule has 0 amide bonds. The number of aromatic nitrogens is 2. The van der Waals surface area contributed by atoms with Crippen LogP contribution < -0.4 is 5.32 Å². The highest BCUT2D eigenvalue weighted by Crippen LogP contribution is 2.23. The van der Waals surface area contributed by atoms with E-state index in [0.717, 1.165) is 6.07 Å². The smallest absolute Gasteiger partial charge is 0.335 e. The fourth-order valence-electron chi connectivity index (χ4n) is 2.03. The summed E-state index contributed by atoms with van der Waals surface area (Å²) in [5.41, 5.74) is -0.127. The topological polar surface area (TPSA) is 84.3 Å². The fraction of sp³-hybridized carbons (Fsp3) is 0.308. The van der Waals surface area contributed by atoms with Crippen LogP contribution in [0.15, 0.2) is 18.3 Å². The summed E-state index contributed by atoms with van der Waals surface area (Å²) in [5, 5.41) is 12.2. The quantitative estimate of drug-likeness (QED) is 0.887. The number of ether oxygens (including phenoxy) is 1. The van der Waals surface area contributed by atoms with E-state index in [1.165, 1.54) is 12.3 Å². The molecule has 0 aliphatic carbocycles. The number of rotatable bonds is 3. The maximum absolute atomic E-state index is 13.8. The lowest BCUT2D eigenvalue weighted by Gasteiger charge is -2.38. The van der Waals surface area contributed by atoms with Crippen molar-refractivity contribution < 1.29 is 19.0 Å². The van der Waals surface area contributed by atoms with Crippen molar-refractivity contribution in [1.82, 2.24) is 9.97 Å². The third-order valence-corrected chi connectivity index (χ3v) is 3.15. The highest BCUT2D eigenvalue weighted by atomic mass is 19.1. The Bertz CT molecular complexity index is 701. The molecule has 2 N–H and O–H groups in total. The lowest BCUT2D eigenvalue weighted by atomic mass is 10.0. The monoisotopic (exact) mass is 277 g/mol. The summed E-state index contributed by atoms with van der Waals surface area (Å²) in [5.74, 6) is -1.52. The minimum Gasteiger partial charge on any atom is -0.478 e. The summed E-state index contributed by atoms with van der Waals surface area (Å²) in [4.78, 5) is 19.1. The second-order valence-electron chi connectivity index (χ2n) is 5.07. The highest BCUT2D eigenvalue weighted by Gasteiger charge is 2.33. The molecule has 1 aromatic heterocycles. The molecule has 2 aromatic rings. The predicted molar refractivity (Wildman–Crippen MR) is 69.3 cm³/mol. The number of fused-ring (bicyclic) bond motifs is 1. The largest absolute Gasteiger partial charge is 0.478 e. The number of benzene rings is 1. The Balaban J connectivity index is 2.02. The van der Waals surface area contributed by atoms with Gasteiger partial charge in [-0.3, -0.25) is 0 Å². The first-order valence-electron chi connectivity index (χ1n) is 6.02. The molecule has 0 saturated carbocycles. The molecule has 1 fully saturated rings. The first kappa shape index (κ1) is 12.7. The van der Waals surface area contributed by atoms with Gasteiger partial charge in [0.1, 0.15) is 5.82 Å². The van der Waals surface area contributed by atoms with Crippen LogP contribution in [0, 0.1) is 5.82 Å². The number of carboxylic acids is 1. The van der Waals surface area contributed by atoms with Gasteiger partial charge >= 0.3 is 5.97 Å². The van der Waals surface area contributed by atoms with Crippen LogP contribution in [0.2, 0.25) is 0 Å². The SMILES string of the molecule is CC1(Nc2ncc3c(F)cc(C(=O)O)cc3n2)COC1. The molecular formula is C13H12FN3O3. The van der Waals surface area contributed by atoms with Gasteiger partial charge in [-0.05, 0) is 19.1 Å². The Morgan fingerprint density at radius 2 is 2.25 bits per heavy atom. The van der Waals surface area contributed by atoms with Gasteiger partial charge < -0.3 is 15.2 Å². The van der Waals surface area contributed by atoms with E-state index >= 15 is 0 Å². The van der Waals surface area contributed by atoms with Crippen LogP contribution in [-0.4, -0.2) is 39.8 Å². The zero-order valence-electron chi connectivity index (χ0n) is 10.7. The van der Waals surface area contributed by atoms with Gasteiger partial charge in [0.2, 0.25) is 5.95 Å². The molecule has 0 unspecified atom stereocenters. The standard InChI is InChI=1S/C13H12FN3O3/c1-13(5-20-6-13)17-12-15-4-8-9(14)2-7(11(18)19)3-10(8)16-12/h2-4H,5-6H2,1H3,(H,18,19)(H,15,16,17). The summed E-state index contributed by atoms with van der Waals surface area (Å²) in [6.45, 7) is 3.04. The Morgan fingerprint density at radius 1 is 1.50 bits per heavy atom. The highest BCUT2D eigenvalue weighted by molar-refractivity contribution is 5.93. The van der Waals surface area contributed by atoms with Crippen LogP contribution in [0.4, 0.5) is 10.3 Å². The first-order chi connectivity index (χ1) is 9.47. The zero-order chi connectivity index (χ0) is 14.3. The van der Waals surface area contributed by atoms with E-state index in [4.69, 9.17) is 9.84 Å². The van der Waals surface area contributed by atoms with Gasteiger partial charge in [0.15, 0.2) is 0 Å². The molecule has 1 saturated heterocycles. The average Bonchev–Trinajstić information content (AvgIpc) is 2.36. The van der Waals surface area contributed by atoms with Crippen molar-refractivity contribution in [3.05, 3.63) is 29.7 Å². The summed E-state index contributed by atoms with van der Waals surface area (Å²) in [7, 11) is 0. The maximum Gasteiger partial charge on any atom is 0.335 e. The molecular weight excluding hydrogens is 265 g/mol. The number of hydrogen-bond donors (Lipinski definition) is 2. The van der Waals surface area contributed by atoms with Crippen molar-refractivity contribution in [2.24, 2.45) is 0 Å². The first-order valence-corrected chi connectivity index (χ1v) is 6.02. The molecule has 104 valence electrons. The van der Waals surface area contributed by atoms with Gasteiger partial charge in [0.25, 0.3) is 0 Å². The molecule has 7 heteroatoms. The van der Waals surface area contributed by atoms with E-state index in [2.05, 4.69) is 15.3 Å². The number of aromatic carboxylic acids is 1. The number of carboxylic acid groups (broad SMARTS) is 1. The van der Waals surface area contributed by atoms with E-state index < -0.39 is 11.8 Å². The van der Waals surface area contributed by atoms with E-state index in [9.17, 15) is 9.18 Å². The Morgan fingerprint density at radius 3 is 2.85 bits per heavy atom. The molecule has 0 atom stereocenters. The van der Waals surface area contributed by atoms with Crippen molar-refractivity contribution in [1.29, 1.82) is 0 Å². The molecule has 1 aliphatic heterocycles. The maximum atomic E-state index is 13.8. The summed E-state index contributed by atoms with van der Waals surface area (Å²) >= 11 is 0. The number of hydrogen-bond acceptors (Lipinski definition) is 5. The van der Waals surface area contributed by atoms with Crippen molar-refractivity contribution in [3.8, 4) is 0 Å². The summed E-state index contributed by atoms with van der Waals surface area (Å²) in [6, 6.07) is 2.29. The van der Waals surface area contributed by atoms with Gasteiger partial charge in [-0.2, -0.15) is 0 Å². The minimum atomic E-state index is -1.20. The Kier molecular flexibility index (Phi) is 2.79. The van der Waals surface area contributed by atoms with Crippen LogP contribution in [-0.2, 0) is 4.74 Å². The van der Waals surface area contributed by atoms with Gasteiger partial charge in [0, 0.05) is 6.20 Å². The second kappa shape index (κ2) is 4.38. The molecule has 1 aromatic carbocycles. The molecule has 6 nitrogen and oxygen atoms in total. The number of halogens is 1. The molecule has 0 spiro atoms. The third kappa shape index (κ3) is 2.16. The number of nitrogens with one attached hydrogen (secondary N) is 1. The van der Waals surface area contributed by atoms with E-state index in [-0.39, 0.29) is 22.0 Å². The van der Waals surface area contributed by atoms with Crippen molar-refractivity contribution in [2.45, 2.75) is 12.5 Å². The third-order valence-electron chi connectivity index (χ3n) is 3.15. The van der Waals surface area contributed by atoms with Crippen molar-refractivity contribution in [2.75, 3.05) is 18.5 Å². The molecule has 0 radical (unpaired) electrons. The fourth-order valence-corrected chi connectivity index (χ4v) is 2.03. The molecule has 1 aliphatic rings. The van der Waals surface area contributed by atoms with Crippen LogP contribution in [0.5, 0.6) is 0 Å². The van der Waals surface area contributed by atoms with Crippen LogP contribution in [0.25, 0.3) is 10.9 Å². The van der Waals surface area contributed by atoms with E-state index in [1.54, 1.807) is 0 Å². The van der Waals surface area contributed by atoms with Crippen molar-refractivity contribution in [3.63, 3.8) is 0 Å². The number of anilines is 1. The van der Waals surface area contributed by atoms with Gasteiger partial charge in [-0.25, -0.2) is 19.2 Å². The average molecular weight is 277 g/mol. The molecule has 2 heterocycles. The van der Waals surface area contributed by atoms with Crippen molar-refractivity contribution >= 4 is 22.8 Å². The molecule has 0 bridgehead atoms. The van der Waals surface area contributed by atoms with Gasteiger partial charge in [-0.15, -0.1) is 0 Å². The zero-order valence-corrected chi connectivity index (χ0v) is 10.7. The lowest BCUT2D eigenvalue weighted by molar-refractivity contribution is -0.0322. The van der Waals surface area contributed by atoms with Gasteiger partial charge in [0.05, 0.1) is 35.2 Å².